The van der Waals surface area contributed by atoms with Crippen molar-refractivity contribution in [3.8, 4) is 11.5 Å². The summed E-state index contributed by atoms with van der Waals surface area (Å²) in [5.74, 6) is 0.155. The van der Waals surface area contributed by atoms with Crippen molar-refractivity contribution in [2.75, 3.05) is 11.5 Å². The van der Waals surface area contributed by atoms with Crippen LogP contribution in [-0.4, -0.2) is 12.6 Å². The Morgan fingerprint density at radius 3 is 1.92 bits per heavy atom. The lowest BCUT2D eigenvalue weighted by Gasteiger charge is -2.27. The van der Waals surface area contributed by atoms with E-state index >= 15 is 0 Å². The molecule has 0 bridgehead atoms. The standard InChI is InChI=1S/C15H12F6N2O/c16-13(17)14(18,15(19,20)21)8-1-4-10(5-2-8)24-12-6-3-9(22)7-11(12)23/h1-7,13H,22-23H2. The second-order valence-corrected chi connectivity index (χ2v) is 4.93. The van der Waals surface area contributed by atoms with Gasteiger partial charge in [-0.2, -0.15) is 13.2 Å². The number of rotatable bonds is 4. The van der Waals surface area contributed by atoms with Crippen LogP contribution in [0.2, 0.25) is 0 Å². The highest BCUT2D eigenvalue weighted by molar-refractivity contribution is 5.61. The molecular formula is C15H12F6N2O. The highest BCUT2D eigenvalue weighted by atomic mass is 19.4. The van der Waals surface area contributed by atoms with Gasteiger partial charge in [0.1, 0.15) is 11.5 Å². The van der Waals surface area contributed by atoms with Crippen molar-refractivity contribution in [1.82, 2.24) is 0 Å². The van der Waals surface area contributed by atoms with Gasteiger partial charge in [-0.25, -0.2) is 13.2 Å². The first-order valence-corrected chi connectivity index (χ1v) is 6.53. The molecule has 2 rings (SSSR count). The van der Waals surface area contributed by atoms with E-state index < -0.39 is 23.8 Å². The molecule has 2 aromatic carbocycles. The molecule has 3 nitrogen and oxygen atoms in total. The van der Waals surface area contributed by atoms with Crippen LogP contribution in [0.3, 0.4) is 0 Å². The number of nitrogens with two attached hydrogens (primary N) is 2. The van der Waals surface area contributed by atoms with Crippen LogP contribution >= 0.6 is 0 Å². The number of nitrogen functional groups attached to an aromatic ring is 2. The first kappa shape index (κ1) is 17.8. The molecule has 0 heterocycles. The van der Waals surface area contributed by atoms with E-state index in [1.54, 1.807) is 0 Å². The molecule has 0 spiro atoms. The van der Waals surface area contributed by atoms with Gasteiger partial charge in [0.05, 0.1) is 5.69 Å². The molecule has 24 heavy (non-hydrogen) atoms. The summed E-state index contributed by atoms with van der Waals surface area (Å²) in [6, 6.07) is 7.35. The molecule has 0 radical (unpaired) electrons. The van der Waals surface area contributed by atoms with Gasteiger partial charge in [-0.1, -0.05) is 12.1 Å². The van der Waals surface area contributed by atoms with Crippen molar-refractivity contribution in [3.05, 3.63) is 48.0 Å². The minimum Gasteiger partial charge on any atom is -0.455 e. The van der Waals surface area contributed by atoms with Crippen LogP contribution in [0.1, 0.15) is 5.56 Å². The monoisotopic (exact) mass is 350 g/mol. The molecule has 0 aliphatic rings. The van der Waals surface area contributed by atoms with Gasteiger partial charge in [-0.15, -0.1) is 0 Å². The topological polar surface area (TPSA) is 61.3 Å². The maximum Gasteiger partial charge on any atom is 0.432 e. The zero-order valence-electron chi connectivity index (χ0n) is 11.9. The number of hydrogen-bond donors (Lipinski definition) is 2. The van der Waals surface area contributed by atoms with Crippen LogP contribution < -0.4 is 16.2 Å². The fourth-order valence-electron chi connectivity index (χ4n) is 1.97. The van der Waals surface area contributed by atoms with E-state index in [2.05, 4.69) is 0 Å². The lowest BCUT2D eigenvalue weighted by Crippen LogP contribution is -2.44. The van der Waals surface area contributed by atoms with Gasteiger partial charge in [-0.05, 0) is 30.3 Å². The van der Waals surface area contributed by atoms with Crippen molar-refractivity contribution >= 4 is 11.4 Å². The van der Waals surface area contributed by atoms with E-state index in [1.165, 1.54) is 18.2 Å². The van der Waals surface area contributed by atoms with Crippen molar-refractivity contribution in [2.45, 2.75) is 18.3 Å². The van der Waals surface area contributed by atoms with Gasteiger partial charge < -0.3 is 16.2 Å². The fraction of sp³-hybridized carbons (Fsp3) is 0.200. The summed E-state index contributed by atoms with van der Waals surface area (Å²) in [4.78, 5) is 0. The minimum atomic E-state index is -5.76. The van der Waals surface area contributed by atoms with Crippen LogP contribution in [0.4, 0.5) is 37.7 Å². The fourth-order valence-corrected chi connectivity index (χ4v) is 1.97. The van der Waals surface area contributed by atoms with E-state index in [0.717, 1.165) is 12.1 Å². The largest absolute Gasteiger partial charge is 0.455 e. The molecule has 0 saturated heterocycles. The van der Waals surface area contributed by atoms with Crippen molar-refractivity contribution in [1.29, 1.82) is 0 Å². The second kappa shape index (κ2) is 6.14. The van der Waals surface area contributed by atoms with Gasteiger partial charge in [-0.3, -0.25) is 0 Å². The maximum atomic E-state index is 13.9. The predicted molar refractivity (Wildman–Crippen MR) is 76.6 cm³/mol. The van der Waals surface area contributed by atoms with Gasteiger partial charge >= 0.3 is 6.18 Å². The molecule has 0 aromatic heterocycles. The average Bonchev–Trinajstić information content (AvgIpc) is 2.48. The Labute approximate surface area is 132 Å². The van der Waals surface area contributed by atoms with E-state index in [9.17, 15) is 26.3 Å². The third-order valence-corrected chi connectivity index (χ3v) is 3.25. The average molecular weight is 350 g/mol. The summed E-state index contributed by atoms with van der Waals surface area (Å²) in [6.07, 6.45) is -10.0. The summed E-state index contributed by atoms with van der Waals surface area (Å²) < 4.78 is 82.5. The first-order valence-electron chi connectivity index (χ1n) is 6.53. The molecule has 0 amide bonds. The van der Waals surface area contributed by atoms with Gasteiger partial charge in [0.2, 0.25) is 0 Å². The Morgan fingerprint density at radius 1 is 0.875 bits per heavy atom. The summed E-state index contributed by atoms with van der Waals surface area (Å²) >= 11 is 0. The van der Waals surface area contributed by atoms with Crippen LogP contribution in [0.5, 0.6) is 11.5 Å². The van der Waals surface area contributed by atoms with E-state index in [4.69, 9.17) is 16.2 Å². The van der Waals surface area contributed by atoms with Gasteiger partial charge in [0, 0.05) is 11.3 Å². The highest BCUT2D eigenvalue weighted by Crippen LogP contribution is 2.47. The number of hydrogen-bond acceptors (Lipinski definition) is 3. The van der Waals surface area contributed by atoms with Crippen molar-refractivity contribution in [3.63, 3.8) is 0 Å². The summed E-state index contributed by atoms with van der Waals surface area (Å²) in [5, 5.41) is 0. The first-order chi connectivity index (χ1) is 11.1. The van der Waals surface area contributed by atoms with E-state index in [1.807, 2.05) is 0 Å². The zero-order chi connectivity index (χ0) is 18.1. The van der Waals surface area contributed by atoms with Gasteiger partial charge in [0.15, 0.2) is 0 Å². The molecule has 9 heteroatoms. The predicted octanol–water partition coefficient (Wildman–Crippen LogP) is 4.64. The lowest BCUT2D eigenvalue weighted by atomic mass is 9.95. The Kier molecular flexibility index (Phi) is 4.54. The number of anilines is 2. The number of benzene rings is 2. The van der Waals surface area contributed by atoms with E-state index in [-0.39, 0.29) is 17.2 Å². The molecule has 130 valence electrons. The van der Waals surface area contributed by atoms with Crippen LogP contribution in [0.25, 0.3) is 0 Å². The Bertz CT molecular complexity index is 717. The molecule has 0 aliphatic heterocycles. The van der Waals surface area contributed by atoms with E-state index in [0.29, 0.717) is 17.8 Å². The van der Waals surface area contributed by atoms with Crippen LogP contribution in [0.15, 0.2) is 42.5 Å². The summed E-state index contributed by atoms with van der Waals surface area (Å²) in [5.41, 5.74) is 5.72. The number of ether oxygens (including phenoxy) is 1. The molecule has 4 N–H and O–H groups in total. The SMILES string of the molecule is Nc1ccc(Oc2ccc(C(F)(C(F)F)C(F)(F)F)cc2)c(N)c1. The Hall–Kier alpha value is -2.58. The Morgan fingerprint density at radius 2 is 1.46 bits per heavy atom. The molecule has 0 aliphatic carbocycles. The summed E-state index contributed by atoms with van der Waals surface area (Å²) in [6.45, 7) is 0. The minimum absolute atomic E-state index is 0.00554. The molecule has 1 unspecified atom stereocenters. The quantitative estimate of drug-likeness (QED) is 0.624. The smallest absolute Gasteiger partial charge is 0.432 e. The third-order valence-electron chi connectivity index (χ3n) is 3.25. The highest BCUT2D eigenvalue weighted by Gasteiger charge is 2.63. The molecule has 1 atom stereocenters. The zero-order valence-corrected chi connectivity index (χ0v) is 11.9. The van der Waals surface area contributed by atoms with Crippen molar-refractivity contribution < 1.29 is 31.1 Å². The van der Waals surface area contributed by atoms with Crippen LogP contribution in [-0.2, 0) is 5.67 Å². The number of halogens is 6. The summed E-state index contributed by atoms with van der Waals surface area (Å²) in [7, 11) is 0. The lowest BCUT2D eigenvalue weighted by molar-refractivity contribution is -0.274. The molecule has 0 fully saturated rings. The molecule has 2 aromatic rings. The van der Waals surface area contributed by atoms with Crippen molar-refractivity contribution in [2.24, 2.45) is 0 Å². The normalized spacial score (nSPS) is 14.5. The molecular weight excluding hydrogens is 338 g/mol. The van der Waals surface area contributed by atoms with Crippen LogP contribution in [0, 0.1) is 0 Å². The van der Waals surface area contributed by atoms with Gasteiger partial charge in [0.25, 0.3) is 12.1 Å². The second-order valence-electron chi connectivity index (χ2n) is 4.93. The number of alkyl halides is 6. The third kappa shape index (κ3) is 3.19. The molecule has 0 saturated carbocycles. The maximum absolute atomic E-state index is 13.9. The Balaban J connectivity index is 2.30.